The molecule has 0 radical (unpaired) electrons. The van der Waals surface area contributed by atoms with Crippen molar-refractivity contribution in [2.75, 3.05) is 19.0 Å². The largest absolute Gasteiger partial charge is 0.396 e. The smallest absolute Gasteiger partial charge is 0.211 e. The second-order valence-corrected chi connectivity index (χ2v) is 9.07. The monoisotopic (exact) mass is 333 g/mol. The zero-order valence-corrected chi connectivity index (χ0v) is 14.2. The first kappa shape index (κ1) is 18.2. The van der Waals surface area contributed by atoms with Crippen molar-refractivity contribution in [3.63, 3.8) is 0 Å². The van der Waals surface area contributed by atoms with Gasteiger partial charge in [-0.25, -0.2) is 13.1 Å². The molecule has 0 bridgehead atoms. The van der Waals surface area contributed by atoms with Gasteiger partial charge in [-0.3, -0.25) is 0 Å². The number of hydrogen-bond donors (Lipinski definition) is 3. The number of aliphatic hydroxyl groups is 2. The summed E-state index contributed by atoms with van der Waals surface area (Å²) in [5.41, 5.74) is 0. The van der Waals surface area contributed by atoms with E-state index in [1.165, 1.54) is 0 Å². The van der Waals surface area contributed by atoms with Crippen LogP contribution in [0.1, 0.15) is 57.8 Å². The zero-order valence-electron chi connectivity index (χ0n) is 13.4. The summed E-state index contributed by atoms with van der Waals surface area (Å²) in [6.45, 7) is 0.485. The molecule has 6 heteroatoms. The molecule has 0 amide bonds. The van der Waals surface area contributed by atoms with Gasteiger partial charge in [0.1, 0.15) is 0 Å². The van der Waals surface area contributed by atoms with Gasteiger partial charge in [0.2, 0.25) is 10.0 Å². The van der Waals surface area contributed by atoms with Gasteiger partial charge in [0, 0.05) is 19.3 Å². The molecule has 2 saturated carbocycles. The Morgan fingerprint density at radius 2 is 1.23 bits per heavy atom. The van der Waals surface area contributed by atoms with E-state index >= 15 is 0 Å². The predicted molar refractivity (Wildman–Crippen MR) is 86.9 cm³/mol. The molecule has 2 aliphatic carbocycles. The van der Waals surface area contributed by atoms with Crippen LogP contribution in [0.5, 0.6) is 0 Å². The molecule has 3 N–H and O–H groups in total. The van der Waals surface area contributed by atoms with Gasteiger partial charge in [0.15, 0.2) is 0 Å². The average molecular weight is 333 g/mol. The van der Waals surface area contributed by atoms with E-state index in [1.807, 2.05) is 0 Å². The highest BCUT2D eigenvalue weighted by Gasteiger charge is 2.26. The third-order valence-electron chi connectivity index (χ3n) is 5.47. The van der Waals surface area contributed by atoms with E-state index < -0.39 is 10.0 Å². The first-order valence-electron chi connectivity index (χ1n) is 8.74. The van der Waals surface area contributed by atoms with Crippen LogP contribution >= 0.6 is 0 Å². The van der Waals surface area contributed by atoms with Gasteiger partial charge in [-0.2, -0.15) is 0 Å². The lowest BCUT2D eigenvalue weighted by Crippen LogP contribution is -2.39. The molecule has 0 aromatic carbocycles. The third-order valence-corrected chi connectivity index (χ3v) is 6.94. The van der Waals surface area contributed by atoms with Crippen molar-refractivity contribution in [1.82, 2.24) is 4.72 Å². The molecular weight excluding hydrogens is 302 g/mol. The quantitative estimate of drug-likeness (QED) is 0.661. The molecule has 0 aromatic heterocycles. The molecule has 0 unspecified atom stereocenters. The number of rotatable bonds is 7. The van der Waals surface area contributed by atoms with Crippen molar-refractivity contribution in [3.8, 4) is 0 Å². The van der Waals surface area contributed by atoms with E-state index in [1.54, 1.807) is 0 Å². The Hall–Kier alpha value is -0.170. The van der Waals surface area contributed by atoms with Crippen LogP contribution < -0.4 is 4.72 Å². The molecule has 0 atom stereocenters. The summed E-state index contributed by atoms with van der Waals surface area (Å²) in [6, 6.07) is 0.0536. The number of sulfonamides is 1. The Bertz CT molecular complexity index is 410. The molecule has 5 nitrogen and oxygen atoms in total. The van der Waals surface area contributed by atoms with Crippen LogP contribution in [-0.4, -0.2) is 43.6 Å². The van der Waals surface area contributed by atoms with E-state index in [0.717, 1.165) is 57.8 Å². The van der Waals surface area contributed by atoms with Crippen LogP contribution in [0.25, 0.3) is 0 Å². The molecule has 2 aliphatic rings. The molecule has 0 heterocycles. The highest BCUT2D eigenvalue weighted by Crippen LogP contribution is 2.31. The van der Waals surface area contributed by atoms with Gasteiger partial charge in [-0.1, -0.05) is 12.8 Å². The first-order chi connectivity index (χ1) is 10.5. The zero-order chi connectivity index (χ0) is 16.0. The topological polar surface area (TPSA) is 86.6 Å². The summed E-state index contributed by atoms with van der Waals surface area (Å²) in [7, 11) is -3.19. The summed E-state index contributed by atoms with van der Waals surface area (Å²) < 4.78 is 27.3. The minimum absolute atomic E-state index is 0.0536. The maximum absolute atomic E-state index is 12.2. The molecule has 0 spiro atoms. The number of aliphatic hydroxyl groups excluding tert-OH is 2. The Morgan fingerprint density at radius 1 is 0.773 bits per heavy atom. The standard InChI is InChI=1S/C16H31NO4S/c18-11-14-3-1-13(2-4-14)9-10-22(20,21)17-16-7-5-15(12-19)6-8-16/h13-19H,1-12H2. The summed E-state index contributed by atoms with van der Waals surface area (Å²) in [6.07, 6.45) is 8.38. The van der Waals surface area contributed by atoms with E-state index in [-0.39, 0.29) is 25.0 Å². The fourth-order valence-electron chi connectivity index (χ4n) is 3.80. The van der Waals surface area contributed by atoms with Gasteiger partial charge in [0.05, 0.1) is 5.75 Å². The lowest BCUT2D eigenvalue weighted by molar-refractivity contribution is 0.166. The summed E-state index contributed by atoms with van der Waals surface area (Å²) >= 11 is 0. The van der Waals surface area contributed by atoms with Crippen LogP contribution in [0.4, 0.5) is 0 Å². The van der Waals surface area contributed by atoms with Crippen LogP contribution in [0, 0.1) is 17.8 Å². The second kappa shape index (κ2) is 8.62. The van der Waals surface area contributed by atoms with E-state index in [2.05, 4.69) is 4.72 Å². The molecule has 2 rings (SSSR count). The van der Waals surface area contributed by atoms with Crippen molar-refractivity contribution in [3.05, 3.63) is 0 Å². The molecule has 22 heavy (non-hydrogen) atoms. The molecule has 130 valence electrons. The van der Waals surface area contributed by atoms with Crippen molar-refractivity contribution in [1.29, 1.82) is 0 Å². The van der Waals surface area contributed by atoms with Gasteiger partial charge in [0.25, 0.3) is 0 Å². The van der Waals surface area contributed by atoms with Crippen LogP contribution in [0.2, 0.25) is 0 Å². The van der Waals surface area contributed by atoms with Crippen molar-refractivity contribution in [2.24, 2.45) is 17.8 Å². The Labute approximate surface area is 134 Å². The molecule has 0 saturated heterocycles. The summed E-state index contributed by atoms with van der Waals surface area (Å²) in [5, 5.41) is 18.3. The Morgan fingerprint density at radius 3 is 1.73 bits per heavy atom. The predicted octanol–water partition coefficient (Wildman–Crippen LogP) is 1.65. The van der Waals surface area contributed by atoms with Crippen molar-refractivity contribution >= 4 is 10.0 Å². The minimum atomic E-state index is -3.19. The first-order valence-corrected chi connectivity index (χ1v) is 10.4. The van der Waals surface area contributed by atoms with E-state index in [4.69, 9.17) is 10.2 Å². The molecule has 0 aliphatic heterocycles. The highest BCUT2D eigenvalue weighted by atomic mass is 32.2. The Balaban J connectivity index is 1.68. The fourth-order valence-corrected chi connectivity index (χ4v) is 5.31. The van der Waals surface area contributed by atoms with Crippen molar-refractivity contribution < 1.29 is 18.6 Å². The van der Waals surface area contributed by atoms with Crippen LogP contribution in [0.15, 0.2) is 0 Å². The lowest BCUT2D eigenvalue weighted by atomic mass is 9.81. The maximum atomic E-state index is 12.2. The Kier molecular flexibility index (Phi) is 7.12. The summed E-state index contributed by atoms with van der Waals surface area (Å²) in [4.78, 5) is 0. The normalized spacial score (nSPS) is 33.7. The fraction of sp³-hybridized carbons (Fsp3) is 1.00. The summed E-state index contributed by atoms with van der Waals surface area (Å²) in [5.74, 6) is 1.49. The van der Waals surface area contributed by atoms with E-state index in [0.29, 0.717) is 17.8 Å². The minimum Gasteiger partial charge on any atom is -0.396 e. The van der Waals surface area contributed by atoms with Crippen molar-refractivity contribution in [2.45, 2.75) is 63.8 Å². The van der Waals surface area contributed by atoms with Gasteiger partial charge < -0.3 is 10.2 Å². The third kappa shape index (κ3) is 5.80. The van der Waals surface area contributed by atoms with Gasteiger partial charge >= 0.3 is 0 Å². The lowest BCUT2D eigenvalue weighted by Gasteiger charge is -2.29. The molecule has 2 fully saturated rings. The SMILES string of the molecule is O=S(=O)(CCC1CCC(CO)CC1)NC1CCC(CO)CC1. The number of nitrogens with one attached hydrogen (secondary N) is 1. The van der Waals surface area contributed by atoms with E-state index in [9.17, 15) is 8.42 Å². The molecular formula is C16H31NO4S. The highest BCUT2D eigenvalue weighted by molar-refractivity contribution is 7.89. The number of hydrogen-bond acceptors (Lipinski definition) is 4. The van der Waals surface area contributed by atoms with Gasteiger partial charge in [-0.15, -0.1) is 0 Å². The van der Waals surface area contributed by atoms with Crippen LogP contribution in [0.3, 0.4) is 0 Å². The average Bonchev–Trinajstić information content (AvgIpc) is 2.54. The maximum Gasteiger partial charge on any atom is 0.211 e. The van der Waals surface area contributed by atoms with Crippen LogP contribution in [-0.2, 0) is 10.0 Å². The second-order valence-electron chi connectivity index (χ2n) is 7.19. The van der Waals surface area contributed by atoms with Gasteiger partial charge in [-0.05, 0) is 62.7 Å². The molecule has 0 aromatic rings.